The monoisotopic (exact) mass is 427 g/mol. The first-order valence-electron chi connectivity index (χ1n) is 11.8. The Morgan fingerprint density at radius 2 is 1.58 bits per heavy atom. The highest BCUT2D eigenvalue weighted by molar-refractivity contribution is 6.03. The van der Waals surface area contributed by atoms with Crippen LogP contribution in [0.25, 0.3) is 0 Å². The predicted octanol–water partition coefficient (Wildman–Crippen LogP) is 2.81. The number of nitrogens with zero attached hydrogens (tertiary/aromatic N) is 5. The minimum Gasteiger partial charge on any atom is -0.338 e. The second-order valence-electron chi connectivity index (χ2n) is 10.4. The van der Waals surface area contributed by atoms with E-state index < -0.39 is 5.41 Å². The topological polar surface area (TPSA) is 69.6 Å². The molecule has 170 valence electrons. The molecule has 3 aliphatic rings. The summed E-state index contributed by atoms with van der Waals surface area (Å²) >= 11 is 0. The molecule has 2 bridgehead atoms. The summed E-state index contributed by atoms with van der Waals surface area (Å²) in [4.78, 5) is 41.5. The van der Waals surface area contributed by atoms with Crippen LogP contribution in [0.2, 0.25) is 0 Å². The van der Waals surface area contributed by atoms with Crippen molar-refractivity contribution in [3.8, 4) is 0 Å². The Morgan fingerprint density at radius 3 is 2.23 bits per heavy atom. The minimum atomic E-state index is -0.391. The molecule has 1 aromatic rings. The second-order valence-corrected chi connectivity index (χ2v) is 10.4. The molecule has 7 nitrogen and oxygen atoms in total. The van der Waals surface area contributed by atoms with Crippen LogP contribution in [-0.2, 0) is 9.59 Å². The van der Waals surface area contributed by atoms with E-state index in [4.69, 9.17) is 0 Å². The van der Waals surface area contributed by atoms with Crippen molar-refractivity contribution in [2.45, 2.75) is 60.3 Å². The van der Waals surface area contributed by atoms with Crippen LogP contribution in [0.3, 0.4) is 0 Å². The molecule has 3 fully saturated rings. The standard InChI is InChI=1S/C24H37N5O2/c1-17-16-18(2)26-22(25-17)28-14-12-27(13-15-28)10-6-7-11-29-20(30)19-8-9-24(5,21(29)31)23(19,3)4/h16,19H,6-15H2,1-5H3/t19-,24-/m0/s1. The summed E-state index contributed by atoms with van der Waals surface area (Å²) in [5.41, 5.74) is 1.41. The summed E-state index contributed by atoms with van der Waals surface area (Å²) < 4.78 is 0. The normalized spacial score (nSPS) is 28.5. The third-order valence-electron chi connectivity index (χ3n) is 8.24. The first kappa shape index (κ1) is 22.2. The molecule has 1 saturated carbocycles. The average Bonchev–Trinajstić information content (AvgIpc) is 2.90. The van der Waals surface area contributed by atoms with E-state index in [1.165, 1.54) is 0 Å². The number of fused-ring (bicyclic) bond motifs is 2. The van der Waals surface area contributed by atoms with Gasteiger partial charge in [-0.25, -0.2) is 9.97 Å². The van der Waals surface area contributed by atoms with Crippen LogP contribution in [0.4, 0.5) is 5.95 Å². The van der Waals surface area contributed by atoms with Crippen molar-refractivity contribution in [3.63, 3.8) is 0 Å². The van der Waals surface area contributed by atoms with Gasteiger partial charge in [-0.2, -0.15) is 0 Å². The van der Waals surface area contributed by atoms with E-state index in [2.05, 4.69) is 40.5 Å². The highest BCUT2D eigenvalue weighted by Gasteiger charge is 2.64. The highest BCUT2D eigenvalue weighted by atomic mass is 16.2. The third kappa shape index (κ3) is 3.86. The van der Waals surface area contributed by atoms with Gasteiger partial charge in [-0.1, -0.05) is 20.8 Å². The van der Waals surface area contributed by atoms with Gasteiger partial charge in [0.1, 0.15) is 0 Å². The van der Waals surface area contributed by atoms with Crippen LogP contribution in [0.15, 0.2) is 6.07 Å². The molecule has 1 aromatic heterocycles. The first-order valence-corrected chi connectivity index (χ1v) is 11.8. The van der Waals surface area contributed by atoms with Crippen LogP contribution >= 0.6 is 0 Å². The number of likely N-dealkylation sites (tertiary alicyclic amines) is 1. The summed E-state index contributed by atoms with van der Waals surface area (Å²) in [6.07, 6.45) is 3.56. The van der Waals surface area contributed by atoms with Crippen molar-refractivity contribution in [2.24, 2.45) is 16.7 Å². The van der Waals surface area contributed by atoms with Gasteiger partial charge in [0, 0.05) is 50.0 Å². The fourth-order valence-electron chi connectivity index (χ4n) is 5.74. The summed E-state index contributed by atoms with van der Waals surface area (Å²) in [7, 11) is 0. The molecule has 7 heteroatoms. The van der Waals surface area contributed by atoms with Crippen molar-refractivity contribution in [2.75, 3.05) is 44.2 Å². The Kier molecular flexibility index (Phi) is 5.83. The maximum absolute atomic E-state index is 13.1. The molecule has 0 spiro atoms. The fourth-order valence-corrected chi connectivity index (χ4v) is 5.74. The van der Waals surface area contributed by atoms with Gasteiger partial charge in [-0.15, -0.1) is 0 Å². The molecule has 2 aliphatic heterocycles. The molecule has 0 radical (unpaired) electrons. The number of piperidine rings is 1. The van der Waals surface area contributed by atoms with Gasteiger partial charge >= 0.3 is 0 Å². The quantitative estimate of drug-likeness (QED) is 0.514. The summed E-state index contributed by atoms with van der Waals surface area (Å²) in [5.74, 6) is 0.950. The number of unbranched alkanes of at least 4 members (excludes halogenated alkanes) is 1. The van der Waals surface area contributed by atoms with Crippen LogP contribution < -0.4 is 4.90 Å². The van der Waals surface area contributed by atoms with E-state index in [0.29, 0.717) is 6.54 Å². The van der Waals surface area contributed by atoms with E-state index in [1.54, 1.807) is 4.90 Å². The lowest BCUT2D eigenvalue weighted by Crippen LogP contribution is -2.59. The van der Waals surface area contributed by atoms with Gasteiger partial charge in [-0.3, -0.25) is 19.4 Å². The maximum atomic E-state index is 13.1. The number of amides is 2. The number of piperazine rings is 1. The second kappa shape index (κ2) is 8.15. The van der Waals surface area contributed by atoms with Crippen LogP contribution in [0.1, 0.15) is 57.8 Å². The van der Waals surface area contributed by atoms with Crippen molar-refractivity contribution in [3.05, 3.63) is 17.5 Å². The molecule has 2 atom stereocenters. The van der Waals surface area contributed by atoms with Crippen molar-refractivity contribution in [1.29, 1.82) is 0 Å². The lowest BCUT2D eigenvalue weighted by Gasteiger charge is -2.47. The number of hydrogen-bond acceptors (Lipinski definition) is 6. The van der Waals surface area contributed by atoms with Crippen LogP contribution in [0, 0.1) is 30.6 Å². The molecular formula is C24H37N5O2. The number of carbonyl (C=O) groups excluding carboxylic acids is 2. The average molecular weight is 428 g/mol. The first-order chi connectivity index (χ1) is 14.6. The molecule has 2 amide bonds. The van der Waals surface area contributed by atoms with Gasteiger partial charge in [-0.05, 0) is 57.6 Å². The fraction of sp³-hybridized carbons (Fsp3) is 0.750. The van der Waals surface area contributed by atoms with E-state index in [9.17, 15) is 9.59 Å². The molecule has 2 saturated heterocycles. The number of carbonyl (C=O) groups is 2. The van der Waals surface area contributed by atoms with Gasteiger partial charge < -0.3 is 4.90 Å². The van der Waals surface area contributed by atoms with E-state index >= 15 is 0 Å². The van der Waals surface area contributed by atoms with E-state index in [-0.39, 0.29) is 23.1 Å². The molecule has 31 heavy (non-hydrogen) atoms. The maximum Gasteiger partial charge on any atom is 0.235 e. The van der Waals surface area contributed by atoms with E-state index in [1.807, 2.05) is 19.9 Å². The van der Waals surface area contributed by atoms with Crippen LogP contribution in [0.5, 0.6) is 0 Å². The smallest absolute Gasteiger partial charge is 0.235 e. The molecule has 4 rings (SSSR count). The Hall–Kier alpha value is -2.02. The molecular weight excluding hydrogens is 390 g/mol. The summed E-state index contributed by atoms with van der Waals surface area (Å²) in [5, 5.41) is 0. The Labute approximate surface area is 186 Å². The van der Waals surface area contributed by atoms with Crippen LogP contribution in [-0.4, -0.2) is 70.9 Å². The van der Waals surface area contributed by atoms with E-state index in [0.717, 1.165) is 75.7 Å². The number of hydrogen-bond donors (Lipinski definition) is 0. The predicted molar refractivity (Wildman–Crippen MR) is 121 cm³/mol. The number of imide groups is 1. The van der Waals surface area contributed by atoms with Gasteiger partial charge in [0.15, 0.2) is 0 Å². The lowest BCUT2D eigenvalue weighted by molar-refractivity contribution is -0.167. The summed E-state index contributed by atoms with van der Waals surface area (Å²) in [6.45, 7) is 15.7. The summed E-state index contributed by atoms with van der Waals surface area (Å²) in [6, 6.07) is 2.00. The zero-order chi connectivity index (χ0) is 22.4. The number of aromatic nitrogens is 2. The van der Waals surface area contributed by atoms with Gasteiger partial charge in [0.25, 0.3) is 0 Å². The zero-order valence-corrected chi connectivity index (χ0v) is 19.8. The number of rotatable bonds is 6. The van der Waals surface area contributed by atoms with Crippen molar-refractivity contribution >= 4 is 17.8 Å². The van der Waals surface area contributed by atoms with Crippen molar-refractivity contribution < 1.29 is 9.59 Å². The number of aryl methyl sites for hydroxylation is 2. The Bertz CT molecular complexity index is 841. The largest absolute Gasteiger partial charge is 0.338 e. The lowest BCUT2D eigenvalue weighted by atomic mass is 9.62. The Balaban J connectivity index is 1.23. The van der Waals surface area contributed by atoms with Crippen molar-refractivity contribution in [1.82, 2.24) is 19.8 Å². The zero-order valence-electron chi connectivity index (χ0n) is 19.8. The van der Waals surface area contributed by atoms with Gasteiger partial charge in [0.05, 0.1) is 5.41 Å². The highest BCUT2D eigenvalue weighted by Crippen LogP contribution is 2.60. The Morgan fingerprint density at radius 1 is 0.968 bits per heavy atom. The molecule has 0 N–H and O–H groups in total. The molecule has 1 aliphatic carbocycles. The number of anilines is 1. The van der Waals surface area contributed by atoms with Gasteiger partial charge in [0.2, 0.25) is 17.8 Å². The SMILES string of the molecule is Cc1cc(C)nc(N2CCN(CCCCN3C(=O)[C@@H]4CC[C@@](C)(C3=O)C4(C)C)CC2)n1. The molecule has 0 unspecified atom stereocenters. The molecule has 3 heterocycles. The molecule has 0 aromatic carbocycles. The minimum absolute atomic E-state index is 0.00393. The third-order valence-corrected chi connectivity index (χ3v) is 8.24.